The summed E-state index contributed by atoms with van der Waals surface area (Å²) >= 11 is 2.68. The fourth-order valence-electron chi connectivity index (χ4n) is 7.18. The monoisotopic (exact) mass is 825 g/mol. The maximum atomic E-state index is 13.1. The Morgan fingerprint density at radius 1 is 0.759 bits per heavy atom. The van der Waals surface area contributed by atoms with E-state index in [0.717, 1.165) is 43.0 Å². The number of nitrogens with one attached hydrogen (secondary N) is 2. The lowest BCUT2D eigenvalue weighted by molar-refractivity contribution is 0.102. The van der Waals surface area contributed by atoms with Crippen LogP contribution < -0.4 is 16.8 Å². The zero-order valence-electron chi connectivity index (χ0n) is 31.2. The largest absolute Gasteiger partial charge is 0.744 e. The van der Waals surface area contributed by atoms with Crippen LogP contribution in [0.4, 0.5) is 10.5 Å². The van der Waals surface area contributed by atoms with Gasteiger partial charge in [-0.2, -0.15) is 0 Å². The number of benzene rings is 6. The van der Waals surface area contributed by atoms with Gasteiger partial charge in [0.25, 0.3) is 5.91 Å². The maximum Gasteiger partial charge on any atom is 0.407 e. The van der Waals surface area contributed by atoms with E-state index in [1.807, 2.05) is 66.7 Å². The van der Waals surface area contributed by atoms with Crippen molar-refractivity contribution in [3.8, 4) is 32.3 Å². The van der Waals surface area contributed by atoms with Gasteiger partial charge in [0.15, 0.2) is 0 Å². The summed E-state index contributed by atoms with van der Waals surface area (Å²) in [6, 6.07) is 39.9. The van der Waals surface area contributed by atoms with E-state index in [-0.39, 0.29) is 36.0 Å². The Balaban J connectivity index is 0.00000469. The van der Waals surface area contributed by atoms with Gasteiger partial charge in [0, 0.05) is 34.8 Å². The minimum atomic E-state index is -4.66. The van der Waals surface area contributed by atoms with Crippen molar-refractivity contribution in [1.29, 1.82) is 0 Å². The minimum absolute atomic E-state index is 0. The number of rotatable bonds is 9. The summed E-state index contributed by atoms with van der Waals surface area (Å²) < 4.78 is 42.9. The lowest BCUT2D eigenvalue weighted by Gasteiger charge is -2.14. The number of anilines is 1. The van der Waals surface area contributed by atoms with Crippen LogP contribution in [0.25, 0.3) is 52.7 Å². The molecule has 58 heavy (non-hydrogen) atoms. The molecule has 1 aliphatic carbocycles. The molecule has 8 aromatic rings. The summed E-state index contributed by atoms with van der Waals surface area (Å²) in [6.45, 7) is 2.09. The second kappa shape index (κ2) is 15.6. The van der Waals surface area contributed by atoms with Gasteiger partial charge >= 0.3 is 6.09 Å². The third-order valence-electron chi connectivity index (χ3n) is 9.98. The SMILES string of the molecule is Cc1ccc2nc(-c3ccc4nc(-c5ccc(NC(=O)c6ccc(CNC(=O)OCC7c8ccccc8-c8ccccc87)cc6)cc5)sc4c3)sc2c1S(=O)(=O)[O-].[NH4+]. The molecule has 2 heterocycles. The summed E-state index contributed by atoms with van der Waals surface area (Å²) in [6.07, 6.45) is -0.505. The Bertz CT molecular complexity index is 2930. The number of hydrogen-bond acceptors (Lipinski definition) is 10. The van der Waals surface area contributed by atoms with E-state index in [1.54, 1.807) is 43.3 Å². The summed E-state index contributed by atoms with van der Waals surface area (Å²) in [7, 11) is -4.66. The zero-order valence-corrected chi connectivity index (χ0v) is 33.6. The van der Waals surface area contributed by atoms with Crippen molar-refractivity contribution in [2.75, 3.05) is 11.9 Å². The number of aromatic nitrogens is 2. The number of alkyl carbamates (subject to hydrolysis) is 1. The van der Waals surface area contributed by atoms with Gasteiger partial charge in [0.1, 0.15) is 26.7 Å². The number of carbonyl (C=O) groups is 2. The maximum absolute atomic E-state index is 13.1. The molecule has 0 saturated carbocycles. The molecule has 0 fully saturated rings. The fourth-order valence-corrected chi connectivity index (χ4v) is 10.5. The van der Waals surface area contributed by atoms with Crippen LogP contribution in [0.2, 0.25) is 0 Å². The second-order valence-corrected chi connectivity index (χ2v) is 17.0. The predicted molar refractivity (Wildman–Crippen MR) is 229 cm³/mol. The van der Waals surface area contributed by atoms with Crippen molar-refractivity contribution in [1.82, 2.24) is 21.4 Å². The van der Waals surface area contributed by atoms with Crippen LogP contribution in [0.5, 0.6) is 0 Å². The second-order valence-electron chi connectivity index (χ2n) is 13.6. The number of thiazole rings is 2. The van der Waals surface area contributed by atoms with E-state index in [0.29, 0.717) is 32.0 Å². The number of aryl methyl sites for hydroxylation is 1. The summed E-state index contributed by atoms with van der Waals surface area (Å²) in [5.74, 6) is -0.286. The van der Waals surface area contributed by atoms with E-state index >= 15 is 0 Å². The molecule has 0 saturated heterocycles. The van der Waals surface area contributed by atoms with Crippen molar-refractivity contribution in [2.24, 2.45) is 0 Å². The quantitative estimate of drug-likeness (QED) is 0.120. The van der Waals surface area contributed by atoms with Gasteiger partial charge in [-0.25, -0.2) is 23.2 Å². The molecule has 2 aromatic heterocycles. The first-order chi connectivity index (χ1) is 27.6. The van der Waals surface area contributed by atoms with Gasteiger partial charge in [-0.1, -0.05) is 66.7 Å². The molecule has 0 bridgehead atoms. The molecule has 2 amide bonds. The molecule has 0 radical (unpaired) electrons. The highest BCUT2D eigenvalue weighted by molar-refractivity contribution is 7.86. The molecule has 0 aliphatic heterocycles. The predicted octanol–water partition coefficient (Wildman–Crippen LogP) is 10.1. The molecule has 0 unspecified atom stereocenters. The number of nitrogens with zero attached hydrogens (tertiary/aromatic N) is 2. The standard InChI is InChI=1S/C44H32N4O6S3.H3N/c1-25-10-20-37-39(40(25)57(51,52)53)56-43(48-37)29-17-21-36-38(22-29)55-42(47-36)28-15-18-30(19-16-28)46-41(49)27-13-11-26(12-14-27)23-45-44(50)54-24-35-33-8-4-2-6-31(33)32-7-3-5-9-34(32)35;/h2-22,35H,23-24H2,1H3,(H,45,50)(H,46,49)(H,51,52,53);1H3. The van der Waals surface area contributed by atoms with Crippen LogP contribution in [0.1, 0.15) is 38.5 Å². The van der Waals surface area contributed by atoms with Gasteiger partial charge in [-0.05, 0) is 101 Å². The number of ether oxygens (including phenoxy) is 1. The molecule has 290 valence electrons. The first kappa shape index (κ1) is 38.6. The van der Waals surface area contributed by atoms with Gasteiger partial charge in [-0.15, -0.1) is 22.7 Å². The van der Waals surface area contributed by atoms with Gasteiger partial charge in [0.2, 0.25) is 0 Å². The summed E-state index contributed by atoms with van der Waals surface area (Å²) in [5.41, 5.74) is 9.90. The molecular formula is C44H35N5O6S3. The number of hydrogen-bond donors (Lipinski definition) is 3. The third kappa shape index (κ3) is 7.46. The van der Waals surface area contributed by atoms with E-state index in [1.165, 1.54) is 33.8 Å². The van der Waals surface area contributed by atoms with E-state index < -0.39 is 16.2 Å². The number of carbonyl (C=O) groups excluding carboxylic acids is 2. The van der Waals surface area contributed by atoms with Crippen molar-refractivity contribution < 1.29 is 27.3 Å². The normalized spacial score (nSPS) is 12.2. The lowest BCUT2D eigenvalue weighted by Crippen LogP contribution is -2.25. The summed E-state index contributed by atoms with van der Waals surface area (Å²) in [5, 5.41) is 7.15. The molecular weight excluding hydrogens is 791 g/mol. The average molecular weight is 826 g/mol. The van der Waals surface area contributed by atoms with Crippen molar-refractivity contribution in [3.63, 3.8) is 0 Å². The number of quaternary nitrogens is 1. The summed E-state index contributed by atoms with van der Waals surface area (Å²) in [4.78, 5) is 34.9. The van der Waals surface area contributed by atoms with Gasteiger partial charge in [0.05, 0.1) is 25.3 Å². The smallest absolute Gasteiger partial charge is 0.407 e. The minimum Gasteiger partial charge on any atom is -0.744 e. The Kier molecular flexibility index (Phi) is 10.4. The first-order valence-corrected chi connectivity index (χ1v) is 21.0. The van der Waals surface area contributed by atoms with E-state index in [4.69, 9.17) is 9.72 Å². The molecule has 9 rings (SSSR count). The molecule has 0 atom stereocenters. The van der Waals surface area contributed by atoms with Crippen LogP contribution in [-0.4, -0.2) is 41.5 Å². The zero-order chi connectivity index (χ0) is 39.3. The van der Waals surface area contributed by atoms with Crippen LogP contribution in [-0.2, 0) is 21.4 Å². The van der Waals surface area contributed by atoms with Crippen molar-refractivity contribution >= 4 is 70.9 Å². The Labute approximate surface area is 341 Å². The molecule has 0 spiro atoms. The highest BCUT2D eigenvalue weighted by Crippen LogP contribution is 2.44. The topological polar surface area (TPSA) is 187 Å². The van der Waals surface area contributed by atoms with Crippen LogP contribution in [0, 0.1) is 6.92 Å². The Hall–Kier alpha value is -6.29. The first-order valence-electron chi connectivity index (χ1n) is 18.0. The van der Waals surface area contributed by atoms with Gasteiger partial charge < -0.3 is 26.1 Å². The highest BCUT2D eigenvalue weighted by Gasteiger charge is 2.29. The molecule has 14 heteroatoms. The third-order valence-corrected chi connectivity index (χ3v) is 13.3. The van der Waals surface area contributed by atoms with Crippen LogP contribution in [0.15, 0.2) is 132 Å². The van der Waals surface area contributed by atoms with Crippen LogP contribution in [0.3, 0.4) is 0 Å². The fraction of sp³-hybridized carbons (Fsp3) is 0.0909. The van der Waals surface area contributed by atoms with Crippen molar-refractivity contribution in [2.45, 2.75) is 24.3 Å². The van der Waals surface area contributed by atoms with E-state index in [9.17, 15) is 22.6 Å². The lowest BCUT2D eigenvalue weighted by atomic mass is 9.98. The molecule has 6 aromatic carbocycles. The average Bonchev–Trinajstić information content (AvgIpc) is 3.93. The molecule has 11 nitrogen and oxygen atoms in total. The highest BCUT2D eigenvalue weighted by atomic mass is 32.2. The van der Waals surface area contributed by atoms with Crippen LogP contribution >= 0.6 is 22.7 Å². The number of fused-ring (bicyclic) bond motifs is 5. The van der Waals surface area contributed by atoms with Gasteiger partial charge in [-0.3, -0.25) is 4.79 Å². The van der Waals surface area contributed by atoms with Crippen molar-refractivity contribution in [3.05, 3.63) is 155 Å². The number of amides is 2. The molecule has 1 aliphatic rings. The van der Waals surface area contributed by atoms with E-state index in [2.05, 4.69) is 39.9 Å². The Morgan fingerprint density at radius 3 is 2.07 bits per heavy atom. The molecule has 6 N–H and O–H groups in total. The Morgan fingerprint density at radius 2 is 1.38 bits per heavy atom.